The minimum absolute atomic E-state index is 0.0322. The Morgan fingerprint density at radius 2 is 1.75 bits per heavy atom. The smallest absolute Gasteiger partial charge is 0.416 e. The summed E-state index contributed by atoms with van der Waals surface area (Å²) < 4.78 is 52.4. The molecule has 0 aliphatic rings. The third-order valence-electron chi connectivity index (χ3n) is 3.69. The van der Waals surface area contributed by atoms with Crippen molar-refractivity contribution in [3.63, 3.8) is 0 Å². The zero-order valence-electron chi connectivity index (χ0n) is 13.7. The predicted molar refractivity (Wildman–Crippen MR) is 90.5 cm³/mol. The molecule has 11 heteroatoms. The molecule has 0 spiro atoms. The maximum absolute atomic E-state index is 14.3. The molecule has 1 heterocycles. The topological polar surface area (TPSA) is 101 Å². The van der Waals surface area contributed by atoms with Crippen molar-refractivity contribution in [2.24, 2.45) is 0 Å². The largest absolute Gasteiger partial charge is 0.508 e. The monoisotopic (exact) mass is 394 g/mol. The van der Waals surface area contributed by atoms with Crippen LogP contribution in [0.1, 0.15) is 5.56 Å². The number of alkyl halides is 3. The van der Waals surface area contributed by atoms with Gasteiger partial charge in [-0.15, -0.1) is 0 Å². The standard InChI is InChI=1S/C17H10F4N4O3/c18-13-7-9(17(19,20)21)1-6-12(13)14-15(25(27)28)16(23-8-22-14)24-10-2-4-11(26)5-3-10/h1-8,26H,(H,22,23,24). The summed E-state index contributed by atoms with van der Waals surface area (Å²) in [6.07, 6.45) is -3.84. The summed E-state index contributed by atoms with van der Waals surface area (Å²) in [6.45, 7) is 0. The van der Waals surface area contributed by atoms with Gasteiger partial charge in [0.1, 0.15) is 17.9 Å². The average molecular weight is 394 g/mol. The minimum Gasteiger partial charge on any atom is -0.508 e. The molecule has 0 unspecified atom stereocenters. The number of nitrogens with zero attached hydrogens (tertiary/aromatic N) is 3. The van der Waals surface area contributed by atoms with Crippen LogP contribution in [-0.4, -0.2) is 20.0 Å². The van der Waals surface area contributed by atoms with Gasteiger partial charge >= 0.3 is 11.9 Å². The van der Waals surface area contributed by atoms with Gasteiger partial charge in [-0.25, -0.2) is 14.4 Å². The lowest BCUT2D eigenvalue weighted by molar-refractivity contribution is -0.383. The highest BCUT2D eigenvalue weighted by molar-refractivity contribution is 5.79. The zero-order valence-corrected chi connectivity index (χ0v) is 13.7. The van der Waals surface area contributed by atoms with Crippen molar-refractivity contribution in [1.82, 2.24) is 9.97 Å². The molecule has 2 aromatic carbocycles. The molecule has 0 aliphatic heterocycles. The number of phenols is 1. The van der Waals surface area contributed by atoms with Crippen molar-refractivity contribution in [3.05, 3.63) is 70.3 Å². The van der Waals surface area contributed by atoms with Crippen LogP contribution in [0.15, 0.2) is 48.8 Å². The van der Waals surface area contributed by atoms with Crippen molar-refractivity contribution in [2.45, 2.75) is 6.18 Å². The van der Waals surface area contributed by atoms with Gasteiger partial charge in [0.15, 0.2) is 5.69 Å². The van der Waals surface area contributed by atoms with E-state index in [4.69, 9.17) is 0 Å². The van der Waals surface area contributed by atoms with Gasteiger partial charge in [-0.1, -0.05) is 0 Å². The summed E-state index contributed by atoms with van der Waals surface area (Å²) in [5, 5.41) is 23.5. The fourth-order valence-corrected chi connectivity index (χ4v) is 2.41. The van der Waals surface area contributed by atoms with Crippen LogP contribution in [0.4, 0.5) is 34.8 Å². The van der Waals surface area contributed by atoms with Gasteiger partial charge in [-0.2, -0.15) is 13.2 Å². The van der Waals surface area contributed by atoms with Crippen LogP contribution in [0.2, 0.25) is 0 Å². The summed E-state index contributed by atoms with van der Waals surface area (Å²) in [5.41, 5.74) is -2.57. The van der Waals surface area contributed by atoms with Gasteiger partial charge in [0.2, 0.25) is 5.82 Å². The Kier molecular flexibility index (Phi) is 4.82. The molecule has 0 aliphatic carbocycles. The van der Waals surface area contributed by atoms with Crippen molar-refractivity contribution < 1.29 is 27.6 Å². The lowest BCUT2D eigenvalue weighted by Gasteiger charge is -2.11. The van der Waals surface area contributed by atoms with E-state index in [-0.39, 0.29) is 17.6 Å². The quantitative estimate of drug-likeness (QED) is 0.289. The van der Waals surface area contributed by atoms with Gasteiger partial charge in [0.05, 0.1) is 10.5 Å². The number of anilines is 2. The number of hydrogen-bond acceptors (Lipinski definition) is 6. The van der Waals surface area contributed by atoms with Crippen molar-refractivity contribution in [1.29, 1.82) is 0 Å². The van der Waals surface area contributed by atoms with Crippen LogP contribution in [0.25, 0.3) is 11.3 Å². The summed E-state index contributed by atoms with van der Waals surface area (Å²) in [5.74, 6) is -1.64. The number of nitrogens with one attached hydrogen (secondary N) is 1. The van der Waals surface area contributed by atoms with E-state index in [0.717, 1.165) is 12.4 Å². The summed E-state index contributed by atoms with van der Waals surface area (Å²) in [4.78, 5) is 18.1. The van der Waals surface area contributed by atoms with Crippen LogP contribution >= 0.6 is 0 Å². The second-order valence-corrected chi connectivity index (χ2v) is 5.54. The molecule has 7 nitrogen and oxygen atoms in total. The molecule has 3 rings (SSSR count). The van der Waals surface area contributed by atoms with Crippen LogP contribution in [0.5, 0.6) is 5.75 Å². The lowest BCUT2D eigenvalue weighted by atomic mass is 10.1. The third kappa shape index (κ3) is 3.82. The predicted octanol–water partition coefficient (Wildman–Crippen LogP) is 4.66. The summed E-state index contributed by atoms with van der Waals surface area (Å²) in [6, 6.07) is 7.11. The molecule has 3 aromatic rings. The molecule has 2 N–H and O–H groups in total. The van der Waals surface area contributed by atoms with Crippen LogP contribution in [0.3, 0.4) is 0 Å². The van der Waals surface area contributed by atoms with Crippen LogP contribution in [-0.2, 0) is 6.18 Å². The molecule has 0 fully saturated rings. The van der Waals surface area contributed by atoms with Crippen LogP contribution < -0.4 is 5.32 Å². The van der Waals surface area contributed by atoms with Gasteiger partial charge in [-0.05, 0) is 42.5 Å². The molecular formula is C17H10F4N4O3. The van der Waals surface area contributed by atoms with E-state index < -0.39 is 39.4 Å². The Labute approximate surface area is 154 Å². The van der Waals surface area contributed by atoms with E-state index in [1.165, 1.54) is 24.3 Å². The Morgan fingerprint density at radius 1 is 1.07 bits per heavy atom. The van der Waals surface area contributed by atoms with Gasteiger partial charge in [-0.3, -0.25) is 10.1 Å². The van der Waals surface area contributed by atoms with Gasteiger partial charge < -0.3 is 10.4 Å². The first kappa shape index (κ1) is 19.0. The lowest BCUT2D eigenvalue weighted by Crippen LogP contribution is -2.07. The number of aromatic hydroxyl groups is 1. The summed E-state index contributed by atoms with van der Waals surface area (Å²) >= 11 is 0. The fraction of sp³-hybridized carbons (Fsp3) is 0.0588. The third-order valence-corrected chi connectivity index (χ3v) is 3.69. The number of nitro groups is 1. The van der Waals surface area contributed by atoms with Gasteiger partial charge in [0.25, 0.3) is 0 Å². The maximum atomic E-state index is 14.3. The first-order chi connectivity index (χ1) is 13.2. The molecule has 0 bridgehead atoms. The number of aromatic nitrogens is 2. The highest BCUT2D eigenvalue weighted by Gasteiger charge is 2.32. The number of rotatable bonds is 4. The summed E-state index contributed by atoms with van der Waals surface area (Å²) in [7, 11) is 0. The Hall–Kier alpha value is -3.76. The molecule has 1 aromatic heterocycles. The van der Waals surface area contributed by atoms with Crippen molar-refractivity contribution in [2.75, 3.05) is 5.32 Å². The molecule has 28 heavy (non-hydrogen) atoms. The number of benzene rings is 2. The highest BCUT2D eigenvalue weighted by Crippen LogP contribution is 2.37. The first-order valence-corrected chi connectivity index (χ1v) is 7.59. The molecule has 144 valence electrons. The number of halogens is 4. The van der Waals surface area contributed by atoms with Crippen molar-refractivity contribution in [3.8, 4) is 17.0 Å². The van der Waals surface area contributed by atoms with Crippen LogP contribution in [0, 0.1) is 15.9 Å². The fourth-order valence-electron chi connectivity index (χ4n) is 2.41. The Bertz CT molecular complexity index is 1040. The minimum atomic E-state index is -4.76. The first-order valence-electron chi connectivity index (χ1n) is 7.59. The molecule has 0 saturated carbocycles. The maximum Gasteiger partial charge on any atom is 0.416 e. The highest BCUT2D eigenvalue weighted by atomic mass is 19.4. The van der Waals surface area contributed by atoms with E-state index in [1.54, 1.807) is 0 Å². The Morgan fingerprint density at radius 3 is 2.32 bits per heavy atom. The van der Waals surface area contributed by atoms with E-state index in [1.807, 2.05) is 0 Å². The Balaban J connectivity index is 2.09. The number of phenolic OH excluding ortho intramolecular Hbond substituents is 1. The van der Waals surface area contributed by atoms with E-state index in [2.05, 4.69) is 15.3 Å². The molecule has 0 saturated heterocycles. The average Bonchev–Trinajstić information content (AvgIpc) is 2.62. The van der Waals surface area contributed by atoms with E-state index in [9.17, 15) is 32.8 Å². The molecule has 0 amide bonds. The SMILES string of the molecule is O=[N+]([O-])c1c(Nc2ccc(O)cc2)ncnc1-c1ccc(C(F)(F)F)cc1F. The van der Waals surface area contributed by atoms with E-state index in [0.29, 0.717) is 11.8 Å². The molecular weight excluding hydrogens is 384 g/mol. The molecule has 0 atom stereocenters. The zero-order chi connectivity index (χ0) is 20.5. The normalized spacial score (nSPS) is 11.3. The second kappa shape index (κ2) is 7.10. The van der Waals surface area contributed by atoms with E-state index >= 15 is 0 Å². The van der Waals surface area contributed by atoms with Gasteiger partial charge in [0, 0.05) is 11.3 Å². The second-order valence-electron chi connectivity index (χ2n) is 5.54. The molecule has 0 radical (unpaired) electrons. The van der Waals surface area contributed by atoms with Crippen molar-refractivity contribution >= 4 is 17.2 Å². The number of hydrogen-bond donors (Lipinski definition) is 2.